The van der Waals surface area contributed by atoms with Gasteiger partial charge in [0.05, 0.1) is 11.7 Å². The molecule has 0 aliphatic carbocycles. The van der Waals surface area contributed by atoms with Crippen LogP contribution in [0.2, 0.25) is 0 Å². The predicted molar refractivity (Wildman–Crippen MR) is 70.1 cm³/mol. The lowest BCUT2D eigenvalue weighted by molar-refractivity contribution is 0.198. The van der Waals surface area contributed by atoms with Crippen LogP contribution in [0.15, 0.2) is 23.6 Å². The van der Waals surface area contributed by atoms with Crippen LogP contribution in [0.4, 0.5) is 8.78 Å². The Morgan fingerprint density at radius 2 is 1.74 bits per heavy atom. The zero-order valence-electron chi connectivity index (χ0n) is 9.97. The van der Waals surface area contributed by atoms with E-state index >= 15 is 0 Å². The van der Waals surface area contributed by atoms with Crippen LogP contribution >= 0.6 is 11.3 Å². The van der Waals surface area contributed by atoms with E-state index in [0.717, 1.165) is 23.5 Å². The Balaban J connectivity index is 2.50. The summed E-state index contributed by atoms with van der Waals surface area (Å²) < 4.78 is 28.0. The van der Waals surface area contributed by atoms with Crippen molar-refractivity contribution in [3.05, 3.63) is 40.8 Å². The smallest absolute Gasteiger partial charge is 0.423 e. The first-order chi connectivity index (χ1) is 8.90. The minimum atomic E-state index is -1.67. The third kappa shape index (κ3) is 2.84. The molecule has 0 saturated carbocycles. The number of aliphatic hydroxyl groups excluding tert-OH is 1. The molecule has 1 atom stereocenters. The van der Waals surface area contributed by atoms with Gasteiger partial charge in [0.15, 0.2) is 0 Å². The third-order valence-electron chi connectivity index (χ3n) is 2.71. The average Bonchev–Trinajstić information content (AvgIpc) is 2.77. The fourth-order valence-electron chi connectivity index (χ4n) is 1.73. The molecule has 1 aromatic heterocycles. The molecule has 100 valence electrons. The van der Waals surface area contributed by atoms with Gasteiger partial charge in [-0.25, -0.2) is 8.78 Å². The molecule has 3 N–H and O–H groups in total. The SMILES string of the molecule is C[C@@H](O)c1cc(F)c(-c2csc(B(O)O)c2)c(F)c1. The van der Waals surface area contributed by atoms with Gasteiger partial charge in [-0.2, -0.15) is 11.3 Å². The lowest BCUT2D eigenvalue weighted by atomic mass is 9.88. The topological polar surface area (TPSA) is 60.7 Å². The van der Waals surface area contributed by atoms with Crippen LogP contribution in [0.1, 0.15) is 18.6 Å². The van der Waals surface area contributed by atoms with E-state index in [4.69, 9.17) is 10.0 Å². The highest BCUT2D eigenvalue weighted by Crippen LogP contribution is 2.29. The van der Waals surface area contributed by atoms with Gasteiger partial charge in [-0.05, 0) is 41.6 Å². The van der Waals surface area contributed by atoms with Gasteiger partial charge in [0.25, 0.3) is 0 Å². The van der Waals surface area contributed by atoms with E-state index in [1.54, 1.807) is 0 Å². The molecule has 1 aromatic carbocycles. The molecule has 0 fully saturated rings. The van der Waals surface area contributed by atoms with Gasteiger partial charge in [-0.3, -0.25) is 0 Å². The van der Waals surface area contributed by atoms with E-state index in [2.05, 4.69) is 0 Å². The molecular formula is C12H11BF2O3S. The number of thiophene rings is 1. The second-order valence-corrected chi connectivity index (χ2v) is 5.09. The molecule has 0 bridgehead atoms. The Morgan fingerprint density at radius 1 is 1.16 bits per heavy atom. The van der Waals surface area contributed by atoms with Crippen molar-refractivity contribution in [2.75, 3.05) is 0 Å². The van der Waals surface area contributed by atoms with Gasteiger partial charge < -0.3 is 15.2 Å². The fourth-order valence-corrected chi connectivity index (χ4v) is 2.49. The molecule has 0 aliphatic heterocycles. The van der Waals surface area contributed by atoms with Gasteiger partial charge in [-0.15, -0.1) is 0 Å². The van der Waals surface area contributed by atoms with Crippen molar-refractivity contribution in [2.45, 2.75) is 13.0 Å². The molecule has 2 aromatic rings. The molecule has 3 nitrogen and oxygen atoms in total. The van der Waals surface area contributed by atoms with Crippen molar-refractivity contribution in [2.24, 2.45) is 0 Å². The Morgan fingerprint density at radius 3 is 2.16 bits per heavy atom. The van der Waals surface area contributed by atoms with Crippen LogP contribution in [0.3, 0.4) is 0 Å². The molecule has 7 heteroatoms. The molecule has 0 radical (unpaired) electrons. The molecule has 0 aliphatic rings. The van der Waals surface area contributed by atoms with Crippen molar-refractivity contribution in [1.29, 1.82) is 0 Å². The van der Waals surface area contributed by atoms with Crippen molar-refractivity contribution < 1.29 is 23.9 Å². The lowest BCUT2D eigenvalue weighted by Crippen LogP contribution is -2.26. The van der Waals surface area contributed by atoms with Crippen molar-refractivity contribution >= 4 is 23.2 Å². The number of aliphatic hydroxyl groups is 1. The largest absolute Gasteiger partial charge is 0.499 e. The summed E-state index contributed by atoms with van der Waals surface area (Å²) in [6.45, 7) is 1.42. The van der Waals surface area contributed by atoms with Crippen LogP contribution in [0, 0.1) is 11.6 Å². The third-order valence-corrected chi connectivity index (χ3v) is 3.68. The molecule has 1 heterocycles. The first-order valence-corrected chi connectivity index (χ1v) is 6.40. The first-order valence-electron chi connectivity index (χ1n) is 5.52. The number of halogens is 2. The average molecular weight is 284 g/mol. The van der Waals surface area contributed by atoms with Gasteiger partial charge >= 0.3 is 7.12 Å². The van der Waals surface area contributed by atoms with Gasteiger partial charge in [0, 0.05) is 4.78 Å². The summed E-state index contributed by atoms with van der Waals surface area (Å²) in [5.74, 6) is -1.60. The highest BCUT2D eigenvalue weighted by molar-refractivity contribution is 7.20. The number of hydrogen-bond donors (Lipinski definition) is 3. The zero-order chi connectivity index (χ0) is 14.2. The van der Waals surface area contributed by atoms with Crippen molar-refractivity contribution in [3.8, 4) is 11.1 Å². The van der Waals surface area contributed by atoms with E-state index in [1.165, 1.54) is 18.4 Å². The molecule has 2 rings (SSSR count). The van der Waals surface area contributed by atoms with Crippen molar-refractivity contribution in [1.82, 2.24) is 0 Å². The summed E-state index contributed by atoms with van der Waals surface area (Å²) in [7, 11) is -1.67. The van der Waals surface area contributed by atoms with Gasteiger partial charge in [0.2, 0.25) is 0 Å². The Bertz CT molecular complexity index is 575. The maximum absolute atomic E-state index is 13.9. The number of benzene rings is 1. The van der Waals surface area contributed by atoms with E-state index in [1.807, 2.05) is 0 Å². The molecule has 19 heavy (non-hydrogen) atoms. The summed E-state index contributed by atoms with van der Waals surface area (Å²) in [5.41, 5.74) is 0.143. The Labute approximate surface area is 112 Å². The van der Waals surface area contributed by atoms with Gasteiger partial charge in [0.1, 0.15) is 11.6 Å². The number of hydrogen-bond acceptors (Lipinski definition) is 4. The Hall–Kier alpha value is -1.28. The summed E-state index contributed by atoms with van der Waals surface area (Å²) >= 11 is 0.998. The highest BCUT2D eigenvalue weighted by atomic mass is 32.1. The quantitative estimate of drug-likeness (QED) is 0.747. The molecular weight excluding hydrogens is 273 g/mol. The number of rotatable bonds is 3. The van der Waals surface area contributed by atoms with E-state index in [9.17, 15) is 13.9 Å². The second kappa shape index (κ2) is 5.38. The van der Waals surface area contributed by atoms with Crippen LogP contribution in [-0.2, 0) is 0 Å². The molecule has 0 saturated heterocycles. The van der Waals surface area contributed by atoms with Crippen LogP contribution < -0.4 is 4.78 Å². The van der Waals surface area contributed by atoms with E-state index in [0.29, 0.717) is 0 Å². The summed E-state index contributed by atoms with van der Waals surface area (Å²) in [6.07, 6.45) is -0.963. The second-order valence-electron chi connectivity index (χ2n) is 4.15. The fraction of sp³-hybridized carbons (Fsp3) is 0.167. The normalized spacial score (nSPS) is 12.5. The van der Waals surface area contributed by atoms with Crippen LogP contribution in [-0.4, -0.2) is 22.3 Å². The maximum atomic E-state index is 13.9. The minimum absolute atomic E-state index is 0.149. The van der Waals surface area contributed by atoms with E-state index < -0.39 is 24.9 Å². The summed E-state index contributed by atoms with van der Waals surface area (Å²) in [6, 6.07) is 3.45. The highest BCUT2D eigenvalue weighted by Gasteiger charge is 2.19. The summed E-state index contributed by atoms with van der Waals surface area (Å²) in [5, 5.41) is 28.7. The van der Waals surface area contributed by atoms with Crippen LogP contribution in [0.5, 0.6) is 0 Å². The van der Waals surface area contributed by atoms with Crippen LogP contribution in [0.25, 0.3) is 11.1 Å². The molecule has 0 unspecified atom stereocenters. The predicted octanol–water partition coefficient (Wildman–Crippen LogP) is 1.43. The zero-order valence-corrected chi connectivity index (χ0v) is 10.8. The minimum Gasteiger partial charge on any atom is -0.423 e. The molecule has 0 spiro atoms. The lowest BCUT2D eigenvalue weighted by Gasteiger charge is -2.09. The first kappa shape index (κ1) is 14.1. The Kier molecular flexibility index (Phi) is 4.00. The standard InChI is InChI=1S/C12H11BF2O3S/c1-6(16)7-2-9(14)12(10(15)3-7)8-4-11(13(17)18)19-5-8/h2-6,16-18H,1H3/t6-/m1/s1. The maximum Gasteiger partial charge on any atom is 0.499 e. The molecule has 0 amide bonds. The van der Waals surface area contributed by atoms with Crippen molar-refractivity contribution in [3.63, 3.8) is 0 Å². The monoisotopic (exact) mass is 284 g/mol. The van der Waals surface area contributed by atoms with E-state index in [-0.39, 0.29) is 21.5 Å². The van der Waals surface area contributed by atoms with Gasteiger partial charge in [-0.1, -0.05) is 0 Å². The summed E-state index contributed by atoms with van der Waals surface area (Å²) in [4.78, 5) is 0.